The number of hydrogen-bond acceptors (Lipinski definition) is 5. The smallest absolute Gasteiger partial charge is 0.225 e. The molecule has 0 spiro atoms. The highest BCUT2D eigenvalue weighted by Crippen LogP contribution is 2.27. The molecule has 2 heterocycles. The molecule has 2 aromatic rings. The zero-order valence-corrected chi connectivity index (χ0v) is 14.3. The molecule has 0 radical (unpaired) electrons. The lowest BCUT2D eigenvalue weighted by molar-refractivity contribution is 0.425. The molecule has 0 atom stereocenters. The molecule has 3 rings (SSSR count). The number of anilines is 2. The second-order valence-corrected chi connectivity index (χ2v) is 6.52. The first-order valence-corrected chi connectivity index (χ1v) is 8.64. The predicted molar refractivity (Wildman–Crippen MR) is 97.3 cm³/mol. The molecule has 124 valence electrons. The molecule has 1 saturated heterocycles. The fourth-order valence-corrected chi connectivity index (χ4v) is 3.05. The number of nitrogens with zero attached hydrogens (tertiary/aromatic N) is 4. The van der Waals surface area contributed by atoms with Gasteiger partial charge in [0, 0.05) is 31.6 Å². The Bertz CT molecular complexity index is 632. The van der Waals surface area contributed by atoms with Gasteiger partial charge in [0.05, 0.1) is 5.52 Å². The van der Waals surface area contributed by atoms with Gasteiger partial charge in [0.2, 0.25) is 5.95 Å². The fraction of sp³-hybridized carbons (Fsp3) is 0.556. The Labute approximate surface area is 138 Å². The minimum Gasteiger partial charge on any atom is -0.356 e. The molecule has 5 nitrogen and oxygen atoms in total. The maximum absolute atomic E-state index is 4.85. The van der Waals surface area contributed by atoms with E-state index in [9.17, 15) is 0 Å². The van der Waals surface area contributed by atoms with Gasteiger partial charge >= 0.3 is 0 Å². The summed E-state index contributed by atoms with van der Waals surface area (Å²) in [4.78, 5) is 14.1. The summed E-state index contributed by atoms with van der Waals surface area (Å²) in [6.07, 6.45) is 5.16. The van der Waals surface area contributed by atoms with Crippen LogP contribution >= 0.6 is 0 Å². The number of aromatic nitrogens is 2. The van der Waals surface area contributed by atoms with Gasteiger partial charge in [0.1, 0.15) is 5.82 Å². The van der Waals surface area contributed by atoms with E-state index >= 15 is 0 Å². The zero-order chi connectivity index (χ0) is 16.1. The molecule has 1 aliphatic rings. The fourth-order valence-electron chi connectivity index (χ4n) is 3.05. The summed E-state index contributed by atoms with van der Waals surface area (Å²) in [7, 11) is 4.15. The van der Waals surface area contributed by atoms with Crippen molar-refractivity contribution in [3.8, 4) is 0 Å². The van der Waals surface area contributed by atoms with E-state index in [2.05, 4.69) is 52.4 Å². The highest BCUT2D eigenvalue weighted by atomic mass is 15.2. The van der Waals surface area contributed by atoms with Crippen LogP contribution in [0.3, 0.4) is 0 Å². The van der Waals surface area contributed by atoms with Crippen LogP contribution in [-0.4, -0.2) is 55.1 Å². The molecule has 5 heteroatoms. The van der Waals surface area contributed by atoms with Gasteiger partial charge in [-0.05, 0) is 39.1 Å². The Morgan fingerprint density at radius 2 is 1.78 bits per heavy atom. The number of para-hydroxylation sites is 1. The lowest BCUT2D eigenvalue weighted by Gasteiger charge is -2.23. The molecule has 0 amide bonds. The molecule has 1 aromatic heterocycles. The van der Waals surface area contributed by atoms with Crippen molar-refractivity contribution in [2.45, 2.75) is 25.7 Å². The number of fused-ring (bicyclic) bond motifs is 1. The predicted octanol–water partition coefficient (Wildman–Crippen LogP) is 2.98. The second kappa shape index (κ2) is 7.59. The van der Waals surface area contributed by atoms with Gasteiger partial charge in [0.15, 0.2) is 0 Å². The third kappa shape index (κ3) is 4.10. The zero-order valence-electron chi connectivity index (χ0n) is 14.3. The first-order chi connectivity index (χ1) is 11.2. The highest BCUT2D eigenvalue weighted by Gasteiger charge is 2.16. The number of hydrogen-bond donors (Lipinski definition) is 1. The van der Waals surface area contributed by atoms with Crippen LogP contribution in [0.4, 0.5) is 11.8 Å². The Morgan fingerprint density at radius 1 is 1.04 bits per heavy atom. The minimum absolute atomic E-state index is 0.741. The summed E-state index contributed by atoms with van der Waals surface area (Å²) in [5.41, 5.74) is 1.02. The van der Waals surface area contributed by atoms with E-state index in [0.717, 1.165) is 48.8 Å². The first kappa shape index (κ1) is 16.0. The van der Waals surface area contributed by atoms with Crippen LogP contribution in [0.5, 0.6) is 0 Å². The first-order valence-electron chi connectivity index (χ1n) is 8.64. The molecule has 0 aliphatic carbocycles. The Balaban J connectivity index is 1.90. The van der Waals surface area contributed by atoms with Crippen molar-refractivity contribution in [2.24, 2.45) is 0 Å². The number of rotatable bonds is 5. The quantitative estimate of drug-likeness (QED) is 0.919. The number of likely N-dealkylation sites (N-methyl/N-ethyl adjacent to an activating group) is 1. The van der Waals surface area contributed by atoms with Gasteiger partial charge in [-0.25, -0.2) is 4.98 Å². The highest BCUT2D eigenvalue weighted by molar-refractivity contribution is 5.90. The topological polar surface area (TPSA) is 44.3 Å². The lowest BCUT2D eigenvalue weighted by atomic mass is 10.2. The monoisotopic (exact) mass is 313 g/mol. The largest absolute Gasteiger partial charge is 0.356 e. The van der Waals surface area contributed by atoms with E-state index in [1.807, 2.05) is 6.07 Å². The van der Waals surface area contributed by atoms with Gasteiger partial charge in [-0.15, -0.1) is 0 Å². The van der Waals surface area contributed by atoms with E-state index in [1.54, 1.807) is 0 Å². The summed E-state index contributed by atoms with van der Waals surface area (Å²) in [6, 6.07) is 8.34. The molecule has 1 aromatic carbocycles. The van der Waals surface area contributed by atoms with Gasteiger partial charge in [-0.3, -0.25) is 0 Å². The lowest BCUT2D eigenvalue weighted by Crippen LogP contribution is -2.26. The van der Waals surface area contributed by atoms with Crippen molar-refractivity contribution >= 4 is 22.7 Å². The van der Waals surface area contributed by atoms with Crippen LogP contribution in [0.1, 0.15) is 25.7 Å². The SMILES string of the molecule is CN(C)CCNc1nc(N2CCCCCC2)c2ccccc2n1. The van der Waals surface area contributed by atoms with Crippen molar-refractivity contribution in [1.29, 1.82) is 0 Å². The third-order valence-corrected chi connectivity index (χ3v) is 4.33. The van der Waals surface area contributed by atoms with Gasteiger partial charge in [-0.1, -0.05) is 25.0 Å². The molecule has 23 heavy (non-hydrogen) atoms. The molecule has 1 fully saturated rings. The summed E-state index contributed by atoms with van der Waals surface area (Å²) in [5.74, 6) is 1.83. The van der Waals surface area contributed by atoms with E-state index in [0.29, 0.717) is 0 Å². The maximum atomic E-state index is 4.85. The third-order valence-electron chi connectivity index (χ3n) is 4.33. The van der Waals surface area contributed by atoms with Crippen molar-refractivity contribution < 1.29 is 0 Å². The standard InChI is InChI=1S/C18H27N5/c1-22(2)14-11-19-18-20-16-10-6-5-9-15(16)17(21-18)23-12-7-3-4-8-13-23/h5-6,9-10H,3-4,7-8,11-14H2,1-2H3,(H,19,20,21). The van der Waals surface area contributed by atoms with E-state index in [-0.39, 0.29) is 0 Å². The Morgan fingerprint density at radius 3 is 2.52 bits per heavy atom. The van der Waals surface area contributed by atoms with Gasteiger partial charge in [0.25, 0.3) is 0 Å². The molecule has 1 aliphatic heterocycles. The van der Waals surface area contributed by atoms with Crippen molar-refractivity contribution in [3.05, 3.63) is 24.3 Å². The summed E-state index contributed by atoms with van der Waals surface area (Å²) in [5, 5.41) is 4.53. The normalized spacial score (nSPS) is 15.9. The van der Waals surface area contributed by atoms with Gasteiger partial charge < -0.3 is 15.1 Å². The van der Waals surface area contributed by atoms with Crippen LogP contribution in [0.25, 0.3) is 10.9 Å². The minimum atomic E-state index is 0.741. The molecule has 1 N–H and O–H groups in total. The summed E-state index contributed by atoms with van der Waals surface area (Å²) < 4.78 is 0. The Hall–Kier alpha value is -1.88. The van der Waals surface area contributed by atoms with E-state index in [1.165, 1.54) is 25.7 Å². The van der Waals surface area contributed by atoms with Crippen molar-refractivity contribution in [1.82, 2.24) is 14.9 Å². The summed E-state index contributed by atoms with van der Waals surface area (Å²) >= 11 is 0. The molecule has 0 unspecified atom stereocenters. The van der Waals surface area contributed by atoms with E-state index < -0.39 is 0 Å². The Kier molecular flexibility index (Phi) is 5.28. The molecule has 0 bridgehead atoms. The number of benzene rings is 1. The molecular formula is C18H27N5. The van der Waals surface area contributed by atoms with Crippen LogP contribution in [0.15, 0.2) is 24.3 Å². The van der Waals surface area contributed by atoms with Crippen LogP contribution in [0.2, 0.25) is 0 Å². The molecular weight excluding hydrogens is 286 g/mol. The second-order valence-electron chi connectivity index (χ2n) is 6.52. The average Bonchev–Trinajstić information content (AvgIpc) is 2.83. The van der Waals surface area contributed by atoms with E-state index in [4.69, 9.17) is 4.98 Å². The molecule has 0 saturated carbocycles. The van der Waals surface area contributed by atoms with Crippen molar-refractivity contribution in [3.63, 3.8) is 0 Å². The summed E-state index contributed by atoms with van der Waals surface area (Å²) in [6.45, 7) is 4.01. The van der Waals surface area contributed by atoms with Crippen LogP contribution in [-0.2, 0) is 0 Å². The van der Waals surface area contributed by atoms with Crippen LogP contribution < -0.4 is 10.2 Å². The van der Waals surface area contributed by atoms with Gasteiger partial charge in [-0.2, -0.15) is 4.98 Å². The maximum Gasteiger partial charge on any atom is 0.225 e. The van der Waals surface area contributed by atoms with Crippen molar-refractivity contribution in [2.75, 3.05) is 50.5 Å². The van der Waals surface area contributed by atoms with Crippen LogP contribution in [0, 0.1) is 0 Å². The number of nitrogens with one attached hydrogen (secondary N) is 1. The average molecular weight is 313 g/mol.